The monoisotopic (exact) mass is 382 g/mol. The van der Waals surface area contributed by atoms with Gasteiger partial charge in [0.2, 0.25) is 0 Å². The molecule has 0 aliphatic rings. The lowest BCUT2D eigenvalue weighted by atomic mass is 9.91. The molecule has 0 bridgehead atoms. The van der Waals surface area contributed by atoms with Crippen LogP contribution >= 0.6 is 0 Å². The molecule has 0 spiro atoms. The van der Waals surface area contributed by atoms with Crippen molar-refractivity contribution in [3.05, 3.63) is 72.2 Å². The number of nitrogens with two attached hydrogens (primary N) is 1. The van der Waals surface area contributed by atoms with Crippen molar-refractivity contribution in [2.75, 3.05) is 6.54 Å². The minimum atomic E-state index is -0.669. The highest BCUT2D eigenvalue weighted by atomic mass is 15.3. The van der Waals surface area contributed by atoms with E-state index in [4.69, 9.17) is 15.7 Å². The van der Waals surface area contributed by atoms with Crippen molar-refractivity contribution in [1.29, 1.82) is 5.26 Å². The molecule has 29 heavy (non-hydrogen) atoms. The molecule has 4 rings (SSSR count). The highest BCUT2D eigenvalue weighted by Crippen LogP contribution is 2.26. The van der Waals surface area contributed by atoms with Gasteiger partial charge in [0.1, 0.15) is 0 Å². The van der Waals surface area contributed by atoms with Crippen molar-refractivity contribution in [2.45, 2.75) is 25.7 Å². The average Bonchev–Trinajstić information content (AvgIpc) is 3.17. The zero-order chi connectivity index (χ0) is 20.4. The topological polar surface area (TPSA) is 93.4 Å². The molecule has 4 aromatic rings. The Labute approximate surface area is 169 Å². The summed E-state index contributed by atoms with van der Waals surface area (Å²) >= 11 is 0. The first-order valence-corrected chi connectivity index (χ1v) is 9.55. The number of nitrogens with zero attached hydrogens (tertiary/aromatic N) is 5. The molecule has 3 aromatic heterocycles. The van der Waals surface area contributed by atoms with Crippen LogP contribution in [0.5, 0.6) is 0 Å². The van der Waals surface area contributed by atoms with Gasteiger partial charge in [-0.15, -0.1) is 0 Å². The number of nitriles is 1. The maximum absolute atomic E-state index is 9.44. The summed E-state index contributed by atoms with van der Waals surface area (Å²) in [6.07, 6.45) is 2.57. The van der Waals surface area contributed by atoms with Crippen molar-refractivity contribution in [3.8, 4) is 23.1 Å². The summed E-state index contributed by atoms with van der Waals surface area (Å²) in [5.74, 6) is 0.683. The van der Waals surface area contributed by atoms with Crippen molar-refractivity contribution in [1.82, 2.24) is 19.7 Å². The van der Waals surface area contributed by atoms with E-state index in [1.54, 1.807) is 4.68 Å². The van der Waals surface area contributed by atoms with Gasteiger partial charge >= 0.3 is 0 Å². The third-order valence-corrected chi connectivity index (χ3v) is 4.95. The second kappa shape index (κ2) is 7.46. The number of aromatic nitrogens is 4. The molecule has 0 saturated carbocycles. The van der Waals surface area contributed by atoms with Crippen molar-refractivity contribution < 1.29 is 0 Å². The molecule has 2 N–H and O–H groups in total. The van der Waals surface area contributed by atoms with E-state index in [2.05, 4.69) is 17.2 Å². The van der Waals surface area contributed by atoms with E-state index in [1.165, 1.54) is 0 Å². The number of fused-ring (bicyclic) bond motifs is 1. The van der Waals surface area contributed by atoms with Gasteiger partial charge < -0.3 is 5.73 Å². The number of hydrogen-bond donors (Lipinski definition) is 1. The summed E-state index contributed by atoms with van der Waals surface area (Å²) in [5, 5.41) is 15.0. The quantitative estimate of drug-likeness (QED) is 0.567. The van der Waals surface area contributed by atoms with Crippen LogP contribution < -0.4 is 5.73 Å². The molecule has 0 atom stereocenters. The lowest BCUT2D eigenvalue weighted by molar-refractivity contribution is 0.654. The zero-order valence-electron chi connectivity index (χ0n) is 16.5. The Kier molecular flexibility index (Phi) is 4.83. The van der Waals surface area contributed by atoms with Crippen molar-refractivity contribution in [2.24, 2.45) is 5.73 Å². The molecule has 0 amide bonds. The normalized spacial score (nSPS) is 11.5. The maximum atomic E-state index is 9.44. The van der Waals surface area contributed by atoms with Crippen LogP contribution in [0.4, 0.5) is 0 Å². The maximum Gasteiger partial charge on any atom is 0.154 e. The van der Waals surface area contributed by atoms with Crippen LogP contribution in [-0.4, -0.2) is 26.3 Å². The summed E-state index contributed by atoms with van der Waals surface area (Å²) in [7, 11) is 0. The Morgan fingerprint density at radius 3 is 2.69 bits per heavy atom. The van der Waals surface area contributed by atoms with E-state index in [-0.39, 0.29) is 0 Å². The molecule has 0 radical (unpaired) electrons. The van der Waals surface area contributed by atoms with Gasteiger partial charge in [0.25, 0.3) is 0 Å². The molecule has 3 heterocycles. The second-order valence-electron chi connectivity index (χ2n) is 7.50. The van der Waals surface area contributed by atoms with Gasteiger partial charge in [-0.3, -0.25) is 4.98 Å². The van der Waals surface area contributed by atoms with Crippen LogP contribution in [0.3, 0.4) is 0 Å². The van der Waals surface area contributed by atoms with E-state index < -0.39 is 5.41 Å². The Morgan fingerprint density at radius 1 is 1.07 bits per heavy atom. The van der Waals surface area contributed by atoms with Gasteiger partial charge in [-0.25, -0.2) is 9.67 Å². The third-order valence-electron chi connectivity index (χ3n) is 4.95. The summed E-state index contributed by atoms with van der Waals surface area (Å²) in [5.41, 5.74) is 9.54. The Balaban J connectivity index is 1.80. The van der Waals surface area contributed by atoms with Crippen molar-refractivity contribution >= 4 is 10.9 Å². The third kappa shape index (κ3) is 3.60. The fourth-order valence-electron chi connectivity index (χ4n) is 3.23. The summed E-state index contributed by atoms with van der Waals surface area (Å²) in [6, 6.07) is 20.1. The number of pyridine rings is 2. The fraction of sp³-hybridized carbons (Fsp3) is 0.217. The predicted octanol–water partition coefficient (Wildman–Crippen LogP) is 3.78. The molecular weight excluding hydrogens is 360 g/mol. The van der Waals surface area contributed by atoms with Crippen LogP contribution in [-0.2, 0) is 11.8 Å². The summed E-state index contributed by atoms with van der Waals surface area (Å²) in [4.78, 5) is 9.42. The van der Waals surface area contributed by atoms with E-state index in [0.29, 0.717) is 18.1 Å². The van der Waals surface area contributed by atoms with E-state index in [9.17, 15) is 5.26 Å². The van der Waals surface area contributed by atoms with Gasteiger partial charge in [0.15, 0.2) is 5.82 Å². The highest BCUT2D eigenvalue weighted by Gasteiger charge is 2.22. The molecule has 0 saturated heterocycles. The lowest BCUT2D eigenvalue weighted by Crippen LogP contribution is -2.17. The zero-order valence-corrected chi connectivity index (χ0v) is 16.5. The first-order chi connectivity index (χ1) is 14.0. The Bertz CT molecular complexity index is 1220. The smallest absolute Gasteiger partial charge is 0.154 e. The Morgan fingerprint density at radius 2 is 1.90 bits per heavy atom. The SMILES string of the molecule is CC(C)(C#N)c1cccc(-n2ncc3ccc(-c4cccc(CCN)n4)cc32)n1. The summed E-state index contributed by atoms with van der Waals surface area (Å²) < 4.78 is 1.81. The van der Waals surface area contributed by atoms with E-state index >= 15 is 0 Å². The molecule has 1 aromatic carbocycles. The van der Waals surface area contributed by atoms with Crippen LogP contribution in [0.2, 0.25) is 0 Å². The van der Waals surface area contributed by atoms with Crippen LogP contribution in [0.15, 0.2) is 60.8 Å². The van der Waals surface area contributed by atoms with Crippen LogP contribution in [0.25, 0.3) is 28.0 Å². The van der Waals surface area contributed by atoms with Gasteiger partial charge in [-0.1, -0.05) is 24.3 Å². The van der Waals surface area contributed by atoms with Gasteiger partial charge in [0.05, 0.1) is 34.6 Å². The van der Waals surface area contributed by atoms with Crippen molar-refractivity contribution in [3.63, 3.8) is 0 Å². The minimum absolute atomic E-state index is 0.573. The molecule has 0 aliphatic heterocycles. The highest BCUT2D eigenvalue weighted by molar-refractivity contribution is 5.84. The molecule has 0 fully saturated rings. The predicted molar refractivity (Wildman–Crippen MR) is 113 cm³/mol. The fourth-order valence-corrected chi connectivity index (χ4v) is 3.23. The molecule has 6 heteroatoms. The van der Waals surface area contributed by atoms with Crippen LogP contribution in [0, 0.1) is 11.3 Å². The van der Waals surface area contributed by atoms with Crippen LogP contribution in [0.1, 0.15) is 25.2 Å². The largest absolute Gasteiger partial charge is 0.330 e. The van der Waals surface area contributed by atoms with Gasteiger partial charge in [0, 0.05) is 23.1 Å². The molecule has 0 aliphatic carbocycles. The van der Waals surface area contributed by atoms with E-state index in [1.807, 2.05) is 68.6 Å². The Hall–Kier alpha value is -3.56. The van der Waals surface area contributed by atoms with Gasteiger partial charge in [-0.2, -0.15) is 10.4 Å². The average molecular weight is 382 g/mol. The standard InChI is InChI=1S/C23H22N6/c1-23(2,15-25)21-7-4-8-22(28-21)29-20-13-16(9-10-17(20)14-26-29)19-6-3-5-18(27-19)11-12-24/h3-10,13-14H,11-12,24H2,1-2H3. The number of rotatable bonds is 5. The van der Waals surface area contributed by atoms with E-state index in [0.717, 1.165) is 34.3 Å². The molecule has 144 valence electrons. The first kappa shape index (κ1) is 18.8. The molecule has 0 unspecified atom stereocenters. The second-order valence-corrected chi connectivity index (χ2v) is 7.50. The number of benzene rings is 1. The summed E-state index contributed by atoms with van der Waals surface area (Å²) in [6.45, 7) is 4.29. The van der Waals surface area contributed by atoms with Gasteiger partial charge in [-0.05, 0) is 50.7 Å². The first-order valence-electron chi connectivity index (χ1n) is 9.55. The molecule has 6 nitrogen and oxygen atoms in total. The number of hydrogen-bond acceptors (Lipinski definition) is 5. The lowest BCUT2D eigenvalue weighted by Gasteiger charge is -2.15. The molecular formula is C23H22N6. The minimum Gasteiger partial charge on any atom is -0.330 e.